The zero-order valence-electron chi connectivity index (χ0n) is 20.1. The topological polar surface area (TPSA) is 119 Å². The molecule has 37 heavy (non-hydrogen) atoms. The standard InChI is InChI=1S/C27H26FN5O4/c1-2-37-25(36)17-33-27(30-31-32-33)26(21-10-8-19(9-11-21)18-6-4-3-5-7-18)29-23(16-24(34)35)20-12-14-22(28)15-13-20/h3-15,23,26,29H,2,16-17H2,1H3,(H,34,35). The van der Waals surface area contributed by atoms with Gasteiger partial charge in [-0.2, -0.15) is 0 Å². The molecule has 0 saturated heterocycles. The first-order valence-corrected chi connectivity index (χ1v) is 11.7. The van der Waals surface area contributed by atoms with Crippen molar-refractivity contribution in [1.29, 1.82) is 0 Å². The largest absolute Gasteiger partial charge is 0.481 e. The van der Waals surface area contributed by atoms with E-state index in [1.54, 1.807) is 6.92 Å². The molecule has 10 heteroatoms. The highest BCUT2D eigenvalue weighted by Crippen LogP contribution is 2.29. The molecular formula is C27H26FN5O4. The van der Waals surface area contributed by atoms with Crippen LogP contribution in [0.5, 0.6) is 0 Å². The van der Waals surface area contributed by atoms with Crippen molar-refractivity contribution in [3.8, 4) is 11.1 Å². The van der Waals surface area contributed by atoms with Crippen LogP contribution in [0.25, 0.3) is 11.1 Å². The maximum absolute atomic E-state index is 13.6. The van der Waals surface area contributed by atoms with Crippen molar-refractivity contribution in [2.75, 3.05) is 6.61 Å². The summed E-state index contributed by atoms with van der Waals surface area (Å²) >= 11 is 0. The predicted octanol–water partition coefficient (Wildman–Crippen LogP) is 3.94. The number of hydrogen-bond donors (Lipinski definition) is 2. The Balaban J connectivity index is 1.73. The van der Waals surface area contributed by atoms with E-state index >= 15 is 0 Å². The van der Waals surface area contributed by atoms with E-state index in [0.717, 1.165) is 16.7 Å². The Morgan fingerprint density at radius 1 is 0.973 bits per heavy atom. The van der Waals surface area contributed by atoms with Crippen molar-refractivity contribution < 1.29 is 23.8 Å². The van der Waals surface area contributed by atoms with Gasteiger partial charge >= 0.3 is 11.9 Å². The average Bonchev–Trinajstić information content (AvgIpc) is 3.35. The van der Waals surface area contributed by atoms with E-state index in [2.05, 4.69) is 20.8 Å². The Bertz CT molecular complexity index is 1330. The number of benzene rings is 3. The molecular weight excluding hydrogens is 477 g/mol. The van der Waals surface area contributed by atoms with Crippen LogP contribution >= 0.6 is 0 Å². The van der Waals surface area contributed by atoms with E-state index in [1.807, 2.05) is 54.6 Å². The second kappa shape index (κ2) is 12.0. The quantitative estimate of drug-likeness (QED) is 0.296. The molecule has 0 aliphatic rings. The zero-order valence-corrected chi connectivity index (χ0v) is 20.1. The number of tetrazole rings is 1. The molecule has 1 heterocycles. The molecule has 0 bridgehead atoms. The van der Waals surface area contributed by atoms with Gasteiger partial charge in [-0.1, -0.05) is 66.7 Å². The number of carboxylic acid groups (broad SMARTS) is 1. The molecule has 190 valence electrons. The molecule has 9 nitrogen and oxygen atoms in total. The fraction of sp³-hybridized carbons (Fsp3) is 0.222. The van der Waals surface area contributed by atoms with Gasteiger partial charge in [0, 0.05) is 6.04 Å². The molecule has 0 aliphatic carbocycles. The first kappa shape index (κ1) is 25.6. The number of halogens is 1. The number of aromatic nitrogens is 4. The van der Waals surface area contributed by atoms with Crippen LogP contribution in [-0.2, 0) is 20.9 Å². The van der Waals surface area contributed by atoms with Gasteiger partial charge in [0.05, 0.1) is 19.1 Å². The average molecular weight is 504 g/mol. The van der Waals surface area contributed by atoms with Crippen LogP contribution in [-0.4, -0.2) is 43.9 Å². The Kier molecular flexibility index (Phi) is 8.32. The minimum absolute atomic E-state index is 0.212. The maximum Gasteiger partial charge on any atom is 0.327 e. The Morgan fingerprint density at radius 3 is 2.27 bits per heavy atom. The first-order chi connectivity index (χ1) is 17.9. The number of carboxylic acids is 1. The van der Waals surface area contributed by atoms with Crippen molar-refractivity contribution in [2.45, 2.75) is 32.0 Å². The number of nitrogens with one attached hydrogen (secondary N) is 1. The summed E-state index contributed by atoms with van der Waals surface area (Å²) in [6.07, 6.45) is -0.274. The van der Waals surface area contributed by atoms with E-state index < -0.39 is 29.8 Å². The van der Waals surface area contributed by atoms with Crippen LogP contribution in [0, 0.1) is 5.82 Å². The summed E-state index contributed by atoms with van der Waals surface area (Å²) in [6.45, 7) is 1.71. The third kappa shape index (κ3) is 6.62. The van der Waals surface area contributed by atoms with Crippen LogP contribution in [0.15, 0.2) is 78.9 Å². The van der Waals surface area contributed by atoms with Gasteiger partial charge in [-0.3, -0.25) is 14.9 Å². The van der Waals surface area contributed by atoms with Crippen molar-refractivity contribution in [1.82, 2.24) is 25.5 Å². The Hall–Kier alpha value is -4.44. The number of ether oxygens (including phenoxy) is 1. The number of esters is 1. The third-order valence-electron chi connectivity index (χ3n) is 5.77. The highest BCUT2D eigenvalue weighted by atomic mass is 19.1. The minimum Gasteiger partial charge on any atom is -0.481 e. The predicted molar refractivity (Wildman–Crippen MR) is 133 cm³/mol. The fourth-order valence-corrected chi connectivity index (χ4v) is 4.02. The van der Waals surface area contributed by atoms with Crippen LogP contribution in [0.3, 0.4) is 0 Å². The number of nitrogens with zero attached hydrogens (tertiary/aromatic N) is 4. The van der Waals surface area contributed by atoms with Gasteiger partial charge in [-0.05, 0) is 51.7 Å². The van der Waals surface area contributed by atoms with Crippen LogP contribution in [0.1, 0.15) is 42.4 Å². The molecule has 0 spiro atoms. The number of aliphatic carboxylic acids is 1. The molecule has 2 atom stereocenters. The lowest BCUT2D eigenvalue weighted by Crippen LogP contribution is -2.32. The monoisotopic (exact) mass is 503 g/mol. The molecule has 0 fully saturated rings. The van der Waals surface area contributed by atoms with Crippen molar-refractivity contribution in [3.05, 3.63) is 102 Å². The molecule has 0 radical (unpaired) electrons. The summed E-state index contributed by atoms with van der Waals surface area (Å²) in [5.74, 6) is -1.66. The SMILES string of the molecule is CCOC(=O)Cn1nnnc1C(NC(CC(=O)O)c1ccc(F)cc1)c1ccc(-c2ccccc2)cc1. The van der Waals surface area contributed by atoms with Crippen molar-refractivity contribution >= 4 is 11.9 Å². The number of rotatable bonds is 11. The lowest BCUT2D eigenvalue weighted by molar-refractivity contribution is -0.144. The molecule has 2 unspecified atom stereocenters. The van der Waals surface area contributed by atoms with Gasteiger partial charge in [0.2, 0.25) is 0 Å². The molecule has 0 aliphatic heterocycles. The lowest BCUT2D eigenvalue weighted by Gasteiger charge is -2.25. The normalized spacial score (nSPS) is 12.6. The molecule has 4 rings (SSSR count). The molecule has 1 aromatic heterocycles. The summed E-state index contributed by atoms with van der Waals surface area (Å²) in [5, 5.41) is 24.8. The van der Waals surface area contributed by atoms with E-state index in [0.29, 0.717) is 11.4 Å². The Morgan fingerprint density at radius 2 is 1.62 bits per heavy atom. The zero-order chi connectivity index (χ0) is 26.2. The van der Waals surface area contributed by atoms with E-state index in [1.165, 1.54) is 28.9 Å². The highest BCUT2D eigenvalue weighted by Gasteiger charge is 2.27. The summed E-state index contributed by atoms with van der Waals surface area (Å²) in [5.41, 5.74) is 3.37. The number of hydrogen-bond acceptors (Lipinski definition) is 7. The third-order valence-corrected chi connectivity index (χ3v) is 5.77. The first-order valence-electron chi connectivity index (χ1n) is 11.7. The molecule has 0 amide bonds. The fourth-order valence-electron chi connectivity index (χ4n) is 4.02. The van der Waals surface area contributed by atoms with Gasteiger partial charge in [0.1, 0.15) is 12.4 Å². The number of carbonyl (C=O) groups excluding carboxylic acids is 1. The van der Waals surface area contributed by atoms with E-state index in [4.69, 9.17) is 4.74 Å². The van der Waals surface area contributed by atoms with Crippen LogP contribution in [0.2, 0.25) is 0 Å². The molecule has 2 N–H and O–H groups in total. The smallest absolute Gasteiger partial charge is 0.327 e. The summed E-state index contributed by atoms with van der Waals surface area (Å²) in [6, 6.07) is 21.8. The second-order valence-electron chi connectivity index (χ2n) is 8.29. The minimum atomic E-state index is -1.04. The van der Waals surface area contributed by atoms with Crippen molar-refractivity contribution in [3.63, 3.8) is 0 Å². The van der Waals surface area contributed by atoms with Gasteiger partial charge in [0.25, 0.3) is 0 Å². The lowest BCUT2D eigenvalue weighted by atomic mass is 9.97. The van der Waals surface area contributed by atoms with E-state index in [-0.39, 0.29) is 19.6 Å². The molecule has 3 aromatic carbocycles. The van der Waals surface area contributed by atoms with E-state index in [9.17, 15) is 19.1 Å². The van der Waals surface area contributed by atoms with Gasteiger partial charge in [-0.15, -0.1) is 5.10 Å². The van der Waals surface area contributed by atoms with Gasteiger partial charge in [0.15, 0.2) is 5.82 Å². The summed E-state index contributed by atoms with van der Waals surface area (Å²) in [4.78, 5) is 23.9. The summed E-state index contributed by atoms with van der Waals surface area (Å²) in [7, 11) is 0. The summed E-state index contributed by atoms with van der Waals surface area (Å²) < 4.78 is 19.9. The maximum atomic E-state index is 13.6. The van der Waals surface area contributed by atoms with Gasteiger partial charge in [-0.25, -0.2) is 9.07 Å². The second-order valence-corrected chi connectivity index (χ2v) is 8.29. The van der Waals surface area contributed by atoms with Crippen molar-refractivity contribution in [2.24, 2.45) is 0 Å². The van der Waals surface area contributed by atoms with Crippen LogP contribution in [0.4, 0.5) is 4.39 Å². The van der Waals surface area contributed by atoms with Crippen LogP contribution < -0.4 is 5.32 Å². The molecule has 0 saturated carbocycles. The molecule has 4 aromatic rings. The van der Waals surface area contributed by atoms with Gasteiger partial charge < -0.3 is 9.84 Å². The highest BCUT2D eigenvalue weighted by molar-refractivity contribution is 5.69. The Labute approximate surface area is 212 Å². The number of carbonyl (C=O) groups is 2.